The van der Waals surface area contributed by atoms with Crippen LogP contribution in [-0.2, 0) is 28.6 Å². The molecule has 0 N–H and O–H groups in total. The Bertz CT molecular complexity index is 1300. The highest BCUT2D eigenvalue weighted by molar-refractivity contribution is 5.71. The van der Waals surface area contributed by atoms with Gasteiger partial charge in [-0.2, -0.15) is 0 Å². The third kappa shape index (κ3) is 49.3. The highest BCUT2D eigenvalue weighted by atomic mass is 16.6. The van der Waals surface area contributed by atoms with Gasteiger partial charge in [-0.25, -0.2) is 0 Å². The number of hydrogen-bond donors (Lipinski definition) is 0. The molecule has 0 aromatic heterocycles. The maximum Gasteiger partial charge on any atom is 0.306 e. The van der Waals surface area contributed by atoms with Crippen LogP contribution in [0.5, 0.6) is 0 Å². The van der Waals surface area contributed by atoms with E-state index in [0.29, 0.717) is 19.3 Å². The van der Waals surface area contributed by atoms with E-state index in [4.69, 9.17) is 14.2 Å². The molecule has 0 aliphatic rings. The van der Waals surface area contributed by atoms with Crippen molar-refractivity contribution in [1.82, 2.24) is 0 Å². The molecule has 1 atom stereocenters. The average Bonchev–Trinajstić information content (AvgIpc) is 3.29. The maximum absolute atomic E-state index is 12.8. The lowest BCUT2D eigenvalue weighted by Gasteiger charge is -2.18. The van der Waals surface area contributed by atoms with E-state index in [1.807, 2.05) is 0 Å². The molecule has 0 amide bonds. The standard InChI is InChI=1S/C58H96O6/c1-4-7-10-13-16-19-22-25-27-29-31-33-36-39-42-45-48-51-57(60)63-54-55(53-62-56(59)50-47-44-41-38-35-32-24-21-18-15-12-9-6-3)64-58(61)52-49-46-43-40-37-34-30-28-26-23-20-17-14-11-8-5-2/h7-8,10-11,16-17,19-20,25-28,31,33,39,42,55H,4-6,9,12-15,18,21-24,29-30,32,34-38,40-41,43-54H2,1-3H3/b10-7-,11-8-,19-16-,20-17-,27-25-,28-26-,33-31-,42-39-. The van der Waals surface area contributed by atoms with Gasteiger partial charge in [-0.05, 0) is 89.9 Å². The van der Waals surface area contributed by atoms with E-state index in [2.05, 4.69) is 118 Å². The second kappa shape index (κ2) is 52.0. The molecule has 0 radical (unpaired) electrons. The van der Waals surface area contributed by atoms with Gasteiger partial charge in [-0.1, -0.05) is 221 Å². The Morgan fingerprint density at radius 3 is 1.02 bits per heavy atom. The molecule has 0 aliphatic heterocycles. The summed E-state index contributed by atoms with van der Waals surface area (Å²) in [6.45, 7) is 6.35. The molecule has 0 heterocycles. The molecule has 0 aromatic rings. The van der Waals surface area contributed by atoms with Crippen LogP contribution in [0.25, 0.3) is 0 Å². The summed E-state index contributed by atoms with van der Waals surface area (Å²) in [5.74, 6) is -0.975. The van der Waals surface area contributed by atoms with Crippen LogP contribution < -0.4 is 0 Å². The summed E-state index contributed by atoms with van der Waals surface area (Å²) in [7, 11) is 0. The van der Waals surface area contributed by atoms with Crippen LogP contribution in [0.3, 0.4) is 0 Å². The Kier molecular flexibility index (Phi) is 49.0. The van der Waals surface area contributed by atoms with Gasteiger partial charge in [0, 0.05) is 19.3 Å². The molecule has 6 heteroatoms. The van der Waals surface area contributed by atoms with E-state index in [9.17, 15) is 14.4 Å². The predicted octanol–water partition coefficient (Wildman–Crippen LogP) is 17.4. The van der Waals surface area contributed by atoms with Gasteiger partial charge < -0.3 is 14.2 Å². The molecular formula is C58H96O6. The molecule has 64 heavy (non-hydrogen) atoms. The van der Waals surface area contributed by atoms with Crippen LogP contribution >= 0.6 is 0 Å². The van der Waals surface area contributed by atoms with Crippen molar-refractivity contribution in [1.29, 1.82) is 0 Å². The smallest absolute Gasteiger partial charge is 0.306 e. The molecule has 0 bridgehead atoms. The normalized spacial score (nSPS) is 12.9. The van der Waals surface area contributed by atoms with Crippen LogP contribution in [0.1, 0.15) is 233 Å². The van der Waals surface area contributed by atoms with Crippen molar-refractivity contribution in [3.8, 4) is 0 Å². The lowest BCUT2D eigenvalue weighted by Crippen LogP contribution is -2.30. The predicted molar refractivity (Wildman–Crippen MR) is 274 cm³/mol. The quantitative estimate of drug-likeness (QED) is 0.0262. The molecule has 0 saturated carbocycles. The minimum Gasteiger partial charge on any atom is -0.462 e. The van der Waals surface area contributed by atoms with Crippen molar-refractivity contribution in [2.75, 3.05) is 13.2 Å². The van der Waals surface area contributed by atoms with Crippen LogP contribution in [0, 0.1) is 0 Å². The Morgan fingerprint density at radius 1 is 0.328 bits per heavy atom. The molecule has 6 nitrogen and oxygen atoms in total. The number of unbranched alkanes of at least 4 members (excludes halogenated alkanes) is 19. The topological polar surface area (TPSA) is 78.9 Å². The number of esters is 3. The lowest BCUT2D eigenvalue weighted by molar-refractivity contribution is -0.167. The van der Waals surface area contributed by atoms with Gasteiger partial charge in [0.25, 0.3) is 0 Å². The van der Waals surface area contributed by atoms with E-state index in [1.54, 1.807) is 0 Å². The number of rotatable bonds is 46. The van der Waals surface area contributed by atoms with E-state index in [0.717, 1.165) is 109 Å². The number of carbonyl (C=O) groups excluding carboxylic acids is 3. The third-order valence-corrected chi connectivity index (χ3v) is 10.8. The first-order chi connectivity index (χ1) is 31.5. The summed E-state index contributed by atoms with van der Waals surface area (Å²) in [5.41, 5.74) is 0. The zero-order valence-corrected chi connectivity index (χ0v) is 41.5. The Balaban J connectivity index is 4.50. The Hall–Kier alpha value is -3.67. The number of allylic oxidation sites excluding steroid dienone is 16. The van der Waals surface area contributed by atoms with Crippen molar-refractivity contribution >= 4 is 17.9 Å². The minimum absolute atomic E-state index is 0.0998. The Labute approximate surface area is 394 Å². The van der Waals surface area contributed by atoms with Gasteiger partial charge in [0.15, 0.2) is 6.10 Å². The van der Waals surface area contributed by atoms with Crippen LogP contribution in [0.15, 0.2) is 97.2 Å². The zero-order chi connectivity index (χ0) is 46.5. The van der Waals surface area contributed by atoms with Crippen molar-refractivity contribution in [3.05, 3.63) is 97.2 Å². The third-order valence-electron chi connectivity index (χ3n) is 10.8. The van der Waals surface area contributed by atoms with E-state index < -0.39 is 6.10 Å². The lowest BCUT2D eigenvalue weighted by atomic mass is 10.0. The van der Waals surface area contributed by atoms with Crippen LogP contribution in [0.2, 0.25) is 0 Å². The van der Waals surface area contributed by atoms with E-state index in [1.165, 1.54) is 77.0 Å². The zero-order valence-electron chi connectivity index (χ0n) is 41.5. The first-order valence-corrected chi connectivity index (χ1v) is 26.2. The SMILES string of the molecule is CC/C=C\C/C=C\C/C=C\C/C=C\C/C=C\CCCC(=O)OCC(COC(=O)CCCCCCCCCCCCCCC)OC(=O)CCCCCCCC/C=C\C/C=C\C/C=C\CC. The highest BCUT2D eigenvalue weighted by Crippen LogP contribution is 2.14. The molecular weight excluding hydrogens is 793 g/mol. The van der Waals surface area contributed by atoms with Crippen molar-refractivity contribution in [2.45, 2.75) is 239 Å². The fraction of sp³-hybridized carbons (Fsp3) is 0.672. The monoisotopic (exact) mass is 889 g/mol. The fourth-order valence-corrected chi connectivity index (χ4v) is 6.96. The van der Waals surface area contributed by atoms with Crippen LogP contribution in [0.4, 0.5) is 0 Å². The van der Waals surface area contributed by atoms with Gasteiger partial charge in [-0.3, -0.25) is 14.4 Å². The second-order valence-corrected chi connectivity index (χ2v) is 17.0. The van der Waals surface area contributed by atoms with Crippen molar-refractivity contribution in [3.63, 3.8) is 0 Å². The fourth-order valence-electron chi connectivity index (χ4n) is 6.96. The first-order valence-electron chi connectivity index (χ1n) is 26.2. The van der Waals surface area contributed by atoms with E-state index in [-0.39, 0.29) is 37.5 Å². The van der Waals surface area contributed by atoms with Crippen molar-refractivity contribution < 1.29 is 28.6 Å². The summed E-state index contributed by atoms with van der Waals surface area (Å²) in [6, 6.07) is 0. The Morgan fingerprint density at radius 2 is 0.625 bits per heavy atom. The summed E-state index contributed by atoms with van der Waals surface area (Å²) in [6.07, 6.45) is 68.2. The molecule has 364 valence electrons. The number of carbonyl (C=O) groups is 3. The van der Waals surface area contributed by atoms with Crippen molar-refractivity contribution in [2.24, 2.45) is 0 Å². The minimum atomic E-state index is -0.806. The second-order valence-electron chi connectivity index (χ2n) is 17.0. The summed E-state index contributed by atoms with van der Waals surface area (Å²) >= 11 is 0. The molecule has 1 unspecified atom stereocenters. The van der Waals surface area contributed by atoms with Gasteiger partial charge >= 0.3 is 17.9 Å². The summed E-state index contributed by atoms with van der Waals surface area (Å²) in [4.78, 5) is 38.0. The molecule has 0 aromatic carbocycles. The van der Waals surface area contributed by atoms with Crippen LogP contribution in [-0.4, -0.2) is 37.2 Å². The number of hydrogen-bond acceptors (Lipinski definition) is 6. The first kappa shape index (κ1) is 60.3. The molecule has 0 aliphatic carbocycles. The molecule has 0 spiro atoms. The van der Waals surface area contributed by atoms with Gasteiger partial charge in [0.2, 0.25) is 0 Å². The highest BCUT2D eigenvalue weighted by Gasteiger charge is 2.19. The summed E-state index contributed by atoms with van der Waals surface area (Å²) < 4.78 is 16.8. The summed E-state index contributed by atoms with van der Waals surface area (Å²) in [5, 5.41) is 0. The van der Waals surface area contributed by atoms with Gasteiger partial charge in [0.1, 0.15) is 13.2 Å². The molecule has 0 saturated heterocycles. The maximum atomic E-state index is 12.8. The molecule has 0 rings (SSSR count). The van der Waals surface area contributed by atoms with Gasteiger partial charge in [-0.15, -0.1) is 0 Å². The largest absolute Gasteiger partial charge is 0.462 e. The number of ether oxygens (including phenoxy) is 3. The van der Waals surface area contributed by atoms with Gasteiger partial charge in [0.05, 0.1) is 0 Å². The van der Waals surface area contributed by atoms with E-state index >= 15 is 0 Å². The molecule has 0 fully saturated rings. The average molecular weight is 889 g/mol.